The molecule has 0 unspecified atom stereocenters. The van der Waals surface area contributed by atoms with Gasteiger partial charge < -0.3 is 19.1 Å². The molecule has 0 aromatic heterocycles. The average molecular weight is 381 g/mol. The first-order valence-electron chi connectivity index (χ1n) is 10.1. The first-order valence-corrected chi connectivity index (χ1v) is 10.1. The summed E-state index contributed by atoms with van der Waals surface area (Å²) in [5.41, 5.74) is 2.14. The van der Waals surface area contributed by atoms with Crippen LogP contribution >= 0.6 is 0 Å². The second-order valence-electron chi connectivity index (χ2n) is 7.48. The van der Waals surface area contributed by atoms with Crippen LogP contribution in [0.25, 0.3) is 0 Å². The third-order valence-corrected chi connectivity index (χ3v) is 5.46. The predicted molar refractivity (Wildman–Crippen MR) is 106 cm³/mol. The highest BCUT2D eigenvalue weighted by molar-refractivity contribution is 5.77. The number of rotatable bonds is 7. The maximum Gasteiger partial charge on any atom is 0.249 e. The lowest BCUT2D eigenvalue weighted by Crippen LogP contribution is -2.42. The predicted octanol–water partition coefficient (Wildman–Crippen LogP) is 4.29. The minimum absolute atomic E-state index is 0.0560. The summed E-state index contributed by atoms with van der Waals surface area (Å²) < 4.78 is 16.6. The zero-order valence-corrected chi connectivity index (χ0v) is 16.1. The van der Waals surface area contributed by atoms with Gasteiger partial charge in [0, 0.05) is 12.6 Å². The number of ether oxygens (including phenoxy) is 3. The van der Waals surface area contributed by atoms with Gasteiger partial charge in [0.1, 0.15) is 6.61 Å². The fourth-order valence-corrected chi connectivity index (χ4v) is 3.96. The molecule has 2 aliphatic rings. The van der Waals surface area contributed by atoms with E-state index in [0.29, 0.717) is 13.2 Å². The summed E-state index contributed by atoms with van der Waals surface area (Å²) in [6.07, 6.45) is 5.75. The molecule has 1 amide bonds. The third-order valence-electron chi connectivity index (χ3n) is 5.46. The Labute approximate surface area is 166 Å². The molecule has 0 saturated heterocycles. The van der Waals surface area contributed by atoms with Crippen LogP contribution in [0.3, 0.4) is 0 Å². The van der Waals surface area contributed by atoms with Crippen molar-refractivity contribution >= 4 is 5.91 Å². The van der Waals surface area contributed by atoms with Gasteiger partial charge in [0.15, 0.2) is 11.5 Å². The second kappa shape index (κ2) is 9.11. The van der Waals surface area contributed by atoms with Crippen LogP contribution in [0.1, 0.15) is 43.2 Å². The summed E-state index contributed by atoms with van der Waals surface area (Å²) in [6, 6.07) is 16.2. The molecular weight excluding hydrogens is 354 g/mol. The molecule has 1 heterocycles. The quantitative estimate of drug-likeness (QED) is 0.718. The van der Waals surface area contributed by atoms with Crippen molar-refractivity contribution in [3.63, 3.8) is 0 Å². The Hall–Kier alpha value is -2.53. The Kier molecular flexibility index (Phi) is 6.12. The molecule has 0 bridgehead atoms. The monoisotopic (exact) mass is 381 g/mol. The molecule has 0 N–H and O–H groups in total. The molecule has 0 atom stereocenters. The van der Waals surface area contributed by atoms with Gasteiger partial charge in [-0.3, -0.25) is 4.79 Å². The zero-order chi connectivity index (χ0) is 19.2. The maximum absolute atomic E-state index is 13.0. The summed E-state index contributed by atoms with van der Waals surface area (Å²) >= 11 is 0. The molecule has 0 spiro atoms. The number of carbonyl (C=O) groups excluding carboxylic acids is 1. The number of nitrogens with zero attached hydrogens (tertiary/aromatic N) is 1. The highest BCUT2D eigenvalue weighted by Crippen LogP contribution is 2.33. The van der Waals surface area contributed by atoms with E-state index in [4.69, 9.17) is 14.2 Å². The topological polar surface area (TPSA) is 48.0 Å². The summed E-state index contributed by atoms with van der Waals surface area (Å²) in [6.45, 7) is 1.40. The van der Waals surface area contributed by atoms with Crippen molar-refractivity contribution < 1.29 is 19.0 Å². The second-order valence-corrected chi connectivity index (χ2v) is 7.48. The van der Waals surface area contributed by atoms with Gasteiger partial charge >= 0.3 is 0 Å². The van der Waals surface area contributed by atoms with Crippen LogP contribution in [0, 0.1) is 0 Å². The highest BCUT2D eigenvalue weighted by Gasteiger charge is 2.26. The standard InChI is InChI=1S/C23H27NO4/c25-23(16-26-15-18-7-3-1-4-8-18)24(20-9-5-2-6-10-20)14-19-11-12-21-22(13-19)28-17-27-21/h1,3-4,7-8,11-13,20H,2,5-6,9-10,14-17H2. The van der Waals surface area contributed by atoms with Gasteiger partial charge in [0.2, 0.25) is 12.7 Å². The van der Waals surface area contributed by atoms with Gasteiger partial charge in [-0.2, -0.15) is 0 Å². The van der Waals surface area contributed by atoms with Gasteiger partial charge in [-0.1, -0.05) is 55.7 Å². The highest BCUT2D eigenvalue weighted by atomic mass is 16.7. The third kappa shape index (κ3) is 4.65. The Morgan fingerprint density at radius 3 is 2.57 bits per heavy atom. The first kappa shape index (κ1) is 18.8. The van der Waals surface area contributed by atoms with E-state index < -0.39 is 0 Å². The smallest absolute Gasteiger partial charge is 0.249 e. The van der Waals surface area contributed by atoms with E-state index >= 15 is 0 Å². The average Bonchev–Trinajstić information content (AvgIpc) is 3.21. The van der Waals surface area contributed by atoms with E-state index in [0.717, 1.165) is 35.5 Å². The minimum Gasteiger partial charge on any atom is -0.454 e. The van der Waals surface area contributed by atoms with Crippen LogP contribution in [0.4, 0.5) is 0 Å². The van der Waals surface area contributed by atoms with Gasteiger partial charge in [-0.05, 0) is 36.1 Å². The van der Waals surface area contributed by atoms with Crippen molar-refractivity contribution in [3.8, 4) is 11.5 Å². The normalized spacial score (nSPS) is 16.1. The SMILES string of the molecule is O=C(COCc1ccccc1)N(Cc1ccc2c(c1)OCO2)C1CCCCC1. The molecule has 4 rings (SSSR count). The molecule has 1 saturated carbocycles. The van der Waals surface area contributed by atoms with E-state index in [-0.39, 0.29) is 25.3 Å². The molecule has 2 aromatic carbocycles. The lowest BCUT2D eigenvalue weighted by Gasteiger charge is -2.34. The van der Waals surface area contributed by atoms with E-state index in [1.165, 1.54) is 19.3 Å². The number of benzene rings is 2. The maximum atomic E-state index is 13.0. The molecule has 1 aliphatic carbocycles. The first-order chi connectivity index (χ1) is 13.8. The van der Waals surface area contributed by atoms with Gasteiger partial charge in [-0.25, -0.2) is 0 Å². The molecule has 1 fully saturated rings. The van der Waals surface area contributed by atoms with Crippen LogP contribution in [-0.2, 0) is 22.7 Å². The lowest BCUT2D eigenvalue weighted by atomic mass is 9.93. The van der Waals surface area contributed by atoms with Crippen LogP contribution in [-0.4, -0.2) is 30.2 Å². The van der Waals surface area contributed by atoms with Crippen LogP contribution < -0.4 is 9.47 Å². The largest absolute Gasteiger partial charge is 0.454 e. The number of hydrogen-bond donors (Lipinski definition) is 0. The van der Waals surface area contributed by atoms with Crippen LogP contribution in [0.2, 0.25) is 0 Å². The number of carbonyl (C=O) groups is 1. The van der Waals surface area contributed by atoms with Crippen LogP contribution in [0.5, 0.6) is 11.5 Å². The summed E-state index contributed by atoms with van der Waals surface area (Å²) in [7, 11) is 0. The molecule has 148 valence electrons. The minimum atomic E-state index is 0.0560. The van der Waals surface area contributed by atoms with E-state index in [1.54, 1.807) is 0 Å². The lowest BCUT2D eigenvalue weighted by molar-refractivity contribution is -0.140. The summed E-state index contributed by atoms with van der Waals surface area (Å²) in [4.78, 5) is 15.0. The van der Waals surface area contributed by atoms with Gasteiger partial charge in [0.05, 0.1) is 6.61 Å². The fourth-order valence-electron chi connectivity index (χ4n) is 3.96. The van der Waals surface area contributed by atoms with Crippen molar-refractivity contribution in [2.75, 3.05) is 13.4 Å². The molecule has 5 heteroatoms. The number of hydrogen-bond acceptors (Lipinski definition) is 4. The molecule has 0 radical (unpaired) electrons. The summed E-state index contributed by atoms with van der Waals surface area (Å²) in [5.74, 6) is 1.58. The van der Waals surface area contributed by atoms with Crippen molar-refractivity contribution in [1.29, 1.82) is 0 Å². The molecule has 28 heavy (non-hydrogen) atoms. The number of fused-ring (bicyclic) bond motifs is 1. The van der Waals surface area contributed by atoms with Gasteiger partial charge in [0.25, 0.3) is 0 Å². The fraction of sp³-hybridized carbons (Fsp3) is 0.435. The molecule has 2 aromatic rings. The Morgan fingerprint density at radius 2 is 1.75 bits per heavy atom. The molecular formula is C23H27NO4. The van der Waals surface area contributed by atoms with E-state index in [1.807, 2.05) is 53.4 Å². The van der Waals surface area contributed by atoms with Crippen molar-refractivity contribution in [2.24, 2.45) is 0 Å². The Bertz CT molecular complexity index is 786. The van der Waals surface area contributed by atoms with Crippen LogP contribution in [0.15, 0.2) is 48.5 Å². The van der Waals surface area contributed by atoms with Gasteiger partial charge in [-0.15, -0.1) is 0 Å². The molecule has 5 nitrogen and oxygen atoms in total. The van der Waals surface area contributed by atoms with Crippen molar-refractivity contribution in [3.05, 3.63) is 59.7 Å². The number of amides is 1. The zero-order valence-electron chi connectivity index (χ0n) is 16.1. The van der Waals surface area contributed by atoms with E-state index in [2.05, 4.69) is 0 Å². The summed E-state index contributed by atoms with van der Waals surface area (Å²) in [5, 5.41) is 0. The Balaban J connectivity index is 1.41. The molecule has 1 aliphatic heterocycles. The van der Waals surface area contributed by atoms with Crippen molar-refractivity contribution in [1.82, 2.24) is 4.90 Å². The Morgan fingerprint density at radius 1 is 0.964 bits per heavy atom. The van der Waals surface area contributed by atoms with Crippen molar-refractivity contribution in [2.45, 2.75) is 51.3 Å². The van der Waals surface area contributed by atoms with E-state index in [9.17, 15) is 4.79 Å².